The second kappa shape index (κ2) is 18.0. The Morgan fingerprint density at radius 2 is 1.77 bits per heavy atom. The minimum Gasteiger partial charge on any atom is -0.378 e. The van der Waals surface area contributed by atoms with E-state index in [1.54, 1.807) is 47.9 Å². The number of alkyl halides is 6. The number of benzene rings is 1. The third-order valence-corrected chi connectivity index (χ3v) is 11.7. The van der Waals surface area contributed by atoms with Gasteiger partial charge in [-0.25, -0.2) is 4.98 Å². The molecule has 1 aromatic heterocycles. The second-order valence-electron chi connectivity index (χ2n) is 15.8. The summed E-state index contributed by atoms with van der Waals surface area (Å²) in [4.78, 5) is 59.3. The Morgan fingerprint density at radius 1 is 1.05 bits per heavy atom. The summed E-state index contributed by atoms with van der Waals surface area (Å²) in [6.07, 6.45) is -5.28. The topological polar surface area (TPSA) is 163 Å². The van der Waals surface area contributed by atoms with E-state index in [9.17, 15) is 45.5 Å². The largest absolute Gasteiger partial charge is 0.419 e. The lowest BCUT2D eigenvalue weighted by molar-refractivity contribution is -0.197. The van der Waals surface area contributed by atoms with Gasteiger partial charge in [0.15, 0.2) is 10.8 Å². The van der Waals surface area contributed by atoms with Gasteiger partial charge in [0.25, 0.3) is 5.91 Å². The Balaban J connectivity index is 0.946. The fourth-order valence-electron chi connectivity index (χ4n) is 8.22. The molecule has 0 spiro atoms. The number of nitrogens with zero attached hydrogens (tertiary/aromatic N) is 6. The van der Waals surface area contributed by atoms with Crippen LogP contribution in [0.1, 0.15) is 70.1 Å². The number of rotatable bonds is 12. The summed E-state index contributed by atoms with van der Waals surface area (Å²) in [5.74, 6) is -1.97. The Labute approximate surface area is 347 Å². The molecule has 3 N–H and O–H groups in total. The third kappa shape index (κ3) is 10.2. The number of aromatic nitrogens is 1. The van der Waals surface area contributed by atoms with Crippen molar-refractivity contribution in [2.24, 2.45) is 0 Å². The zero-order chi connectivity index (χ0) is 43.6. The number of carbonyl (C=O) groups is 4. The van der Waals surface area contributed by atoms with Crippen molar-refractivity contribution in [2.75, 3.05) is 54.9 Å². The van der Waals surface area contributed by atoms with Crippen LogP contribution in [0, 0.1) is 11.3 Å². The predicted octanol–water partition coefficient (Wildman–Crippen LogP) is 4.81. The summed E-state index contributed by atoms with van der Waals surface area (Å²) in [6, 6.07) is 5.85. The fourth-order valence-corrected chi connectivity index (χ4v) is 8.79. The van der Waals surface area contributed by atoms with Crippen LogP contribution in [0.3, 0.4) is 0 Å². The van der Waals surface area contributed by atoms with Gasteiger partial charge in [-0.2, -0.15) is 31.6 Å². The van der Waals surface area contributed by atoms with E-state index in [0.29, 0.717) is 75.7 Å². The van der Waals surface area contributed by atoms with Gasteiger partial charge in [0, 0.05) is 56.6 Å². The van der Waals surface area contributed by atoms with Gasteiger partial charge in [0.05, 0.1) is 30.1 Å². The molecule has 1 unspecified atom stereocenters. The van der Waals surface area contributed by atoms with Gasteiger partial charge in [-0.15, -0.1) is 0 Å². The van der Waals surface area contributed by atoms with Crippen LogP contribution in [0.4, 0.5) is 43.4 Å². The number of ether oxygens (including phenoxy) is 1. The molecule has 4 aliphatic rings. The van der Waals surface area contributed by atoms with Crippen LogP contribution in [-0.2, 0) is 30.1 Å². The zero-order valence-corrected chi connectivity index (χ0v) is 33.7. The highest BCUT2D eigenvalue weighted by molar-refractivity contribution is 7.80. The number of carbonyl (C=O) groups excluding carboxylic acids is 4. The first-order valence-electron chi connectivity index (χ1n) is 19.6. The monoisotopic (exact) mass is 865 g/mol. The number of nitrogens with one attached hydrogen (secondary N) is 3. The SMILES string of the molecule is CC1(C)C(=O)N(c2cnc(C#N)c(C(F)(F)F)c2)C(=S)N1[C@H]1CC[C@H](OCCCN2CCN(CC(=O)Nc3cccc(NC4CCC(=O)NC4=O)c3)[C@@H](C(F)(F)F)C2)CC1. The summed E-state index contributed by atoms with van der Waals surface area (Å²) in [7, 11) is 0. The number of hydrogen-bond donors (Lipinski definition) is 3. The lowest BCUT2D eigenvalue weighted by atomic mass is 9.89. The van der Waals surface area contributed by atoms with Crippen molar-refractivity contribution in [3.05, 3.63) is 47.8 Å². The number of imide groups is 1. The standard InChI is InChI=1S/C39H45F6N9O5S/c1-37(2)35(58)53(26-18-28(38(40,41)42)30(19-46)47-20-26)36(60)54(37)25-7-9-27(10-8-25)59-16-4-13-51-14-15-52(31(21-51)39(43,44)45)22-33(56)49-24-6-3-5-23(17-24)48-29-11-12-32(55)50-34(29)57/h3,5-6,17-18,20,25,27,29,31,48H,4,7-16,21-22H2,1-2H3,(H,49,56)(H,50,55,57)/t25-,27-,29?,31-/m1/s1. The molecule has 21 heteroatoms. The molecule has 4 amide bonds. The van der Waals surface area contributed by atoms with Gasteiger partial charge in [0.2, 0.25) is 17.7 Å². The first-order valence-corrected chi connectivity index (χ1v) is 20.0. The Hall–Kier alpha value is -4.91. The quantitative estimate of drug-likeness (QED) is 0.116. The fraction of sp³-hybridized carbons (Fsp3) is 0.564. The average Bonchev–Trinajstić information content (AvgIpc) is 3.36. The van der Waals surface area contributed by atoms with Crippen molar-refractivity contribution in [3.8, 4) is 6.07 Å². The molecule has 3 saturated heterocycles. The normalized spacial score (nSPS) is 24.3. The molecule has 1 saturated carbocycles. The lowest BCUT2D eigenvalue weighted by Gasteiger charge is -2.42. The van der Waals surface area contributed by atoms with Crippen molar-refractivity contribution >= 4 is 58.0 Å². The zero-order valence-electron chi connectivity index (χ0n) is 32.9. The van der Waals surface area contributed by atoms with Crippen molar-refractivity contribution < 1.29 is 50.3 Å². The number of halogens is 6. The van der Waals surface area contributed by atoms with Crippen LogP contribution in [0.5, 0.6) is 0 Å². The van der Waals surface area contributed by atoms with Crippen LogP contribution in [0.15, 0.2) is 36.5 Å². The van der Waals surface area contributed by atoms with Gasteiger partial charge >= 0.3 is 12.4 Å². The van der Waals surface area contributed by atoms with Crippen LogP contribution < -0.4 is 20.9 Å². The minimum atomic E-state index is -4.87. The molecule has 4 fully saturated rings. The average molecular weight is 866 g/mol. The number of amides is 4. The van der Waals surface area contributed by atoms with Gasteiger partial charge < -0.3 is 25.2 Å². The van der Waals surface area contributed by atoms with Crippen molar-refractivity contribution in [1.82, 2.24) is 25.0 Å². The smallest absolute Gasteiger partial charge is 0.378 e. The first-order chi connectivity index (χ1) is 28.3. The summed E-state index contributed by atoms with van der Waals surface area (Å²) in [5.41, 5.74) is -2.60. The van der Waals surface area contributed by atoms with Gasteiger partial charge in [-0.05, 0) is 88.9 Å². The summed E-state index contributed by atoms with van der Waals surface area (Å²) < 4.78 is 89.9. The van der Waals surface area contributed by atoms with Crippen LogP contribution in [0.25, 0.3) is 0 Å². The number of anilines is 3. The molecule has 2 aromatic rings. The number of thiocarbonyl (C=S) groups is 1. The molecule has 0 bridgehead atoms. The van der Waals surface area contributed by atoms with Crippen molar-refractivity contribution in [1.29, 1.82) is 5.26 Å². The Bertz CT molecular complexity index is 2020. The summed E-state index contributed by atoms with van der Waals surface area (Å²) >= 11 is 5.65. The van der Waals surface area contributed by atoms with Gasteiger partial charge in [-0.3, -0.25) is 34.3 Å². The van der Waals surface area contributed by atoms with Crippen molar-refractivity contribution in [3.63, 3.8) is 0 Å². The maximum Gasteiger partial charge on any atom is 0.419 e. The van der Waals surface area contributed by atoms with Gasteiger partial charge in [0.1, 0.15) is 23.7 Å². The predicted molar refractivity (Wildman–Crippen MR) is 209 cm³/mol. The molecule has 1 aromatic carbocycles. The van der Waals surface area contributed by atoms with E-state index in [0.717, 1.165) is 16.0 Å². The first kappa shape index (κ1) is 44.6. The molecule has 4 heterocycles. The third-order valence-electron chi connectivity index (χ3n) is 11.3. The molecule has 60 heavy (non-hydrogen) atoms. The summed E-state index contributed by atoms with van der Waals surface area (Å²) in [5, 5.41) is 17.1. The molecular weight excluding hydrogens is 821 g/mol. The van der Waals surface area contributed by atoms with E-state index in [4.69, 9.17) is 22.2 Å². The number of nitriles is 1. The second-order valence-corrected chi connectivity index (χ2v) is 16.2. The molecule has 14 nitrogen and oxygen atoms in total. The Morgan fingerprint density at radius 3 is 2.43 bits per heavy atom. The van der Waals surface area contributed by atoms with E-state index >= 15 is 0 Å². The summed E-state index contributed by atoms with van der Waals surface area (Å²) in [6.45, 7) is 3.49. The highest BCUT2D eigenvalue weighted by Gasteiger charge is 2.53. The maximum absolute atomic E-state index is 14.3. The number of piperazine rings is 1. The molecule has 3 aliphatic heterocycles. The molecular formula is C39H45F6N9O5S. The number of pyridine rings is 1. The molecule has 6 rings (SSSR count). The highest BCUT2D eigenvalue weighted by Crippen LogP contribution is 2.40. The number of piperidine rings is 1. The van der Waals surface area contributed by atoms with Gasteiger partial charge in [-0.1, -0.05) is 6.07 Å². The minimum absolute atomic E-state index is 0.0133. The van der Waals surface area contributed by atoms with E-state index in [-0.39, 0.29) is 48.4 Å². The lowest BCUT2D eigenvalue weighted by Crippen LogP contribution is -2.60. The van der Waals surface area contributed by atoms with E-state index < -0.39 is 65.5 Å². The van der Waals surface area contributed by atoms with Crippen LogP contribution >= 0.6 is 12.2 Å². The Kier molecular flexibility index (Phi) is 13.4. The highest BCUT2D eigenvalue weighted by atomic mass is 32.1. The van der Waals surface area contributed by atoms with E-state index in [1.165, 1.54) is 6.07 Å². The molecule has 324 valence electrons. The van der Waals surface area contributed by atoms with E-state index in [2.05, 4.69) is 20.9 Å². The molecule has 1 aliphatic carbocycles. The van der Waals surface area contributed by atoms with Crippen LogP contribution in [-0.4, -0.2) is 124 Å². The van der Waals surface area contributed by atoms with Crippen molar-refractivity contribution in [2.45, 2.75) is 101 Å². The van der Waals surface area contributed by atoms with E-state index in [1.807, 2.05) is 0 Å². The maximum atomic E-state index is 14.3. The molecule has 0 radical (unpaired) electrons. The number of hydrogen-bond acceptors (Lipinski definition) is 11. The molecule has 2 atom stereocenters. The van der Waals surface area contributed by atoms with Crippen LogP contribution in [0.2, 0.25) is 0 Å².